The van der Waals surface area contributed by atoms with Gasteiger partial charge in [-0.1, -0.05) is 6.92 Å². The van der Waals surface area contributed by atoms with E-state index in [9.17, 15) is 4.79 Å². The van der Waals surface area contributed by atoms with Crippen LogP contribution >= 0.6 is 0 Å². The number of carbonyl (C=O) groups is 1. The summed E-state index contributed by atoms with van der Waals surface area (Å²) in [6.07, 6.45) is 4.15. The van der Waals surface area contributed by atoms with Crippen LogP contribution in [-0.4, -0.2) is 58.3 Å². The minimum Gasteiger partial charge on any atom is -0.493 e. The average Bonchev–Trinajstić information content (AvgIpc) is 2.66. The van der Waals surface area contributed by atoms with E-state index in [1.165, 1.54) is 0 Å². The van der Waals surface area contributed by atoms with Crippen LogP contribution in [0.1, 0.15) is 24.5 Å². The van der Waals surface area contributed by atoms with E-state index >= 15 is 0 Å². The second-order valence-electron chi connectivity index (χ2n) is 9.57. The molecule has 0 aliphatic rings. The van der Waals surface area contributed by atoms with Gasteiger partial charge in [0.1, 0.15) is 0 Å². The molecule has 1 aromatic carbocycles. The third-order valence-electron chi connectivity index (χ3n) is 4.42. The van der Waals surface area contributed by atoms with Crippen LogP contribution in [0.5, 0.6) is 17.2 Å². The zero-order chi connectivity index (χ0) is 24.7. The number of aliphatic carboxylic acids is 1. The van der Waals surface area contributed by atoms with Crippen molar-refractivity contribution in [3.8, 4) is 17.2 Å². The number of carboxylic acid groups (broad SMARTS) is 1. The molecule has 0 amide bonds. The second kappa shape index (κ2) is 12.0. The predicted molar refractivity (Wildman–Crippen MR) is 135 cm³/mol. The van der Waals surface area contributed by atoms with Crippen molar-refractivity contribution in [1.29, 1.82) is 0 Å². The third kappa shape index (κ3) is 9.10. The summed E-state index contributed by atoms with van der Waals surface area (Å²) in [4.78, 5) is 11.1. The first-order valence-electron chi connectivity index (χ1n) is 10.7. The molecule has 0 bridgehead atoms. The molecule has 0 aliphatic heterocycles. The minimum atomic E-state index is -1.77. The SMILES string of the molecule is COc1cc(/C=C/C(=O)O)c(CCC(C)[Si](O[Si](C)(C)C)O[Si](C)(C)C)c(OC)c1OC. The number of hydrogen-bond acceptors (Lipinski definition) is 6. The summed E-state index contributed by atoms with van der Waals surface area (Å²) in [5, 5.41) is 9.13. The maximum atomic E-state index is 11.1. The highest BCUT2D eigenvalue weighted by Gasteiger charge is 2.34. The van der Waals surface area contributed by atoms with Crippen molar-refractivity contribution in [2.75, 3.05) is 21.3 Å². The molecule has 0 heterocycles. The first-order chi connectivity index (χ1) is 14.7. The van der Waals surface area contributed by atoms with E-state index in [1.54, 1.807) is 33.5 Å². The molecule has 0 fully saturated rings. The molecule has 0 saturated heterocycles. The molecule has 1 unspecified atom stereocenters. The lowest BCUT2D eigenvalue weighted by Crippen LogP contribution is -2.45. The van der Waals surface area contributed by atoms with Crippen LogP contribution in [0.2, 0.25) is 44.8 Å². The van der Waals surface area contributed by atoms with Crippen LogP contribution in [0.4, 0.5) is 0 Å². The Bertz CT molecular complexity index is 782. The summed E-state index contributed by atoms with van der Waals surface area (Å²) < 4.78 is 29.7. The Hall–Kier alpha value is -1.60. The minimum absolute atomic E-state index is 0.229. The molecule has 7 nitrogen and oxygen atoms in total. The standard InChI is InChI=1S/C22H39O7Si3/c1-16(30(28-31(5,6)7)29-32(8,9)10)11-13-18-17(12-14-20(23)24)15-19(25-2)22(27-4)21(18)26-3/h12,14-16H,11,13H2,1-10H3,(H,23,24)/b14-12+. The van der Waals surface area contributed by atoms with Crippen LogP contribution in [0.25, 0.3) is 6.08 Å². The largest absolute Gasteiger partial charge is 0.493 e. The van der Waals surface area contributed by atoms with Crippen molar-refractivity contribution in [3.63, 3.8) is 0 Å². The fourth-order valence-electron chi connectivity index (χ4n) is 3.11. The van der Waals surface area contributed by atoms with E-state index in [0.717, 1.165) is 23.6 Å². The number of carboxylic acids is 1. The van der Waals surface area contributed by atoms with E-state index < -0.39 is 31.9 Å². The van der Waals surface area contributed by atoms with E-state index in [0.29, 0.717) is 23.7 Å². The molecule has 1 atom stereocenters. The lowest BCUT2D eigenvalue weighted by molar-refractivity contribution is -0.131. The molecule has 0 saturated carbocycles. The van der Waals surface area contributed by atoms with Crippen molar-refractivity contribution >= 4 is 38.0 Å². The van der Waals surface area contributed by atoms with Gasteiger partial charge in [-0.3, -0.25) is 0 Å². The summed E-state index contributed by atoms with van der Waals surface area (Å²) in [5.41, 5.74) is 1.82. The van der Waals surface area contributed by atoms with Gasteiger partial charge in [-0.2, -0.15) is 0 Å². The Labute approximate surface area is 196 Å². The van der Waals surface area contributed by atoms with Crippen LogP contribution in [-0.2, 0) is 19.4 Å². The highest BCUT2D eigenvalue weighted by molar-refractivity contribution is 6.81. The van der Waals surface area contributed by atoms with E-state index in [4.69, 9.17) is 27.5 Å². The van der Waals surface area contributed by atoms with Crippen LogP contribution in [0, 0.1) is 0 Å². The molecule has 0 spiro atoms. The zero-order valence-corrected chi connectivity index (χ0v) is 24.1. The van der Waals surface area contributed by atoms with E-state index in [-0.39, 0.29) is 5.54 Å². The van der Waals surface area contributed by atoms with Gasteiger partial charge in [-0.25, -0.2) is 4.79 Å². The average molecular weight is 500 g/mol. The van der Waals surface area contributed by atoms with Gasteiger partial charge < -0.3 is 27.5 Å². The number of benzene rings is 1. The third-order valence-corrected chi connectivity index (χ3v) is 12.0. The smallest absolute Gasteiger partial charge is 0.365 e. The number of rotatable bonds is 13. The molecule has 32 heavy (non-hydrogen) atoms. The van der Waals surface area contributed by atoms with Gasteiger partial charge in [0.05, 0.1) is 21.3 Å². The molecule has 1 rings (SSSR count). The van der Waals surface area contributed by atoms with Crippen LogP contribution in [0.15, 0.2) is 12.1 Å². The fraction of sp³-hybridized carbons (Fsp3) is 0.591. The summed E-state index contributed by atoms with van der Waals surface area (Å²) in [6, 6.07) is 1.78. The topological polar surface area (TPSA) is 83.5 Å². The molecule has 1 N–H and O–H groups in total. The lowest BCUT2D eigenvalue weighted by atomic mass is 9.98. The van der Waals surface area contributed by atoms with Crippen LogP contribution < -0.4 is 14.2 Å². The van der Waals surface area contributed by atoms with Crippen molar-refractivity contribution < 1.29 is 32.3 Å². The van der Waals surface area contributed by atoms with Gasteiger partial charge in [0.2, 0.25) is 5.75 Å². The Morgan fingerprint density at radius 2 is 1.53 bits per heavy atom. The summed E-state index contributed by atoms with van der Waals surface area (Å²) in [5.74, 6) is 0.512. The monoisotopic (exact) mass is 499 g/mol. The zero-order valence-electron chi connectivity index (χ0n) is 21.1. The Morgan fingerprint density at radius 1 is 1.00 bits per heavy atom. The van der Waals surface area contributed by atoms with Gasteiger partial charge in [0.15, 0.2) is 28.1 Å². The van der Waals surface area contributed by atoms with Gasteiger partial charge in [-0.05, 0) is 69.8 Å². The van der Waals surface area contributed by atoms with Gasteiger partial charge in [0, 0.05) is 17.2 Å². The molecule has 10 heteroatoms. The van der Waals surface area contributed by atoms with Gasteiger partial charge >= 0.3 is 15.3 Å². The Morgan fingerprint density at radius 3 is 1.94 bits per heavy atom. The molecule has 0 aromatic heterocycles. The molecule has 1 aromatic rings. The summed E-state index contributed by atoms with van der Waals surface area (Å²) >= 11 is 0. The molecular weight excluding hydrogens is 460 g/mol. The van der Waals surface area contributed by atoms with Gasteiger partial charge in [0.25, 0.3) is 0 Å². The Kier molecular flexibility index (Phi) is 10.7. The Balaban J connectivity index is 3.33. The van der Waals surface area contributed by atoms with Crippen LogP contribution in [0.3, 0.4) is 0 Å². The summed E-state index contributed by atoms with van der Waals surface area (Å²) in [6.45, 7) is 15.3. The number of methoxy groups -OCH3 is 3. The second-order valence-corrected chi connectivity index (χ2v) is 21.3. The van der Waals surface area contributed by atoms with Gasteiger partial charge in [-0.15, -0.1) is 0 Å². The number of ether oxygens (including phenoxy) is 3. The normalized spacial score (nSPS) is 13.5. The van der Waals surface area contributed by atoms with Crippen molar-refractivity contribution in [1.82, 2.24) is 0 Å². The fourth-order valence-corrected chi connectivity index (χ4v) is 10.5. The van der Waals surface area contributed by atoms with E-state index in [2.05, 4.69) is 46.2 Å². The first kappa shape index (κ1) is 28.4. The highest BCUT2D eigenvalue weighted by atomic mass is 28.4. The number of hydrogen-bond donors (Lipinski definition) is 1. The molecule has 1 radical (unpaired) electrons. The van der Waals surface area contributed by atoms with E-state index in [1.807, 2.05) is 0 Å². The molecular formula is C22H39O7Si3. The lowest BCUT2D eigenvalue weighted by Gasteiger charge is -2.33. The maximum Gasteiger partial charge on any atom is 0.365 e. The maximum absolute atomic E-state index is 11.1. The molecule has 0 aliphatic carbocycles. The molecule has 181 valence electrons. The first-order valence-corrected chi connectivity index (χ1v) is 18.9. The van der Waals surface area contributed by atoms with Crippen molar-refractivity contribution in [2.24, 2.45) is 0 Å². The predicted octanol–water partition coefficient (Wildman–Crippen LogP) is 5.32. The highest BCUT2D eigenvalue weighted by Crippen LogP contribution is 2.43. The summed E-state index contributed by atoms with van der Waals surface area (Å²) in [7, 11) is -0.335. The van der Waals surface area contributed by atoms with Crippen molar-refractivity contribution in [2.45, 2.75) is 64.6 Å². The quantitative estimate of drug-likeness (QED) is 0.290. The van der Waals surface area contributed by atoms with Crippen molar-refractivity contribution in [3.05, 3.63) is 23.3 Å².